The van der Waals surface area contributed by atoms with Gasteiger partial charge in [-0.05, 0) is 30.2 Å². The minimum absolute atomic E-state index is 0.0945. The fraction of sp³-hybridized carbons (Fsp3) is 0.381. The van der Waals surface area contributed by atoms with E-state index in [0.717, 1.165) is 5.56 Å². The number of aryl methyl sites for hydroxylation is 1. The summed E-state index contributed by atoms with van der Waals surface area (Å²) in [5, 5.41) is 16.4. The SMILES string of the molecule is CNC(=O)c1cc(C(=O)NC2C3COCC32)cc(C(O)c2ccccc2C)n1. The third kappa shape index (κ3) is 3.39. The lowest BCUT2D eigenvalue weighted by Crippen LogP contribution is -2.31. The number of ether oxygens (including phenoxy) is 1. The summed E-state index contributed by atoms with van der Waals surface area (Å²) in [5.41, 5.74) is 2.25. The molecule has 28 heavy (non-hydrogen) atoms. The van der Waals surface area contributed by atoms with Gasteiger partial charge in [-0.3, -0.25) is 9.59 Å². The van der Waals surface area contributed by atoms with Gasteiger partial charge in [-0.2, -0.15) is 0 Å². The third-order valence-corrected chi connectivity index (χ3v) is 5.58. The second-order valence-electron chi connectivity index (χ2n) is 7.37. The summed E-state index contributed by atoms with van der Waals surface area (Å²) in [6.07, 6.45) is -1.04. The molecule has 0 radical (unpaired) electrons. The van der Waals surface area contributed by atoms with Gasteiger partial charge in [0.25, 0.3) is 11.8 Å². The fourth-order valence-corrected chi connectivity index (χ4v) is 3.81. The number of aliphatic hydroxyl groups is 1. The van der Waals surface area contributed by atoms with Crippen molar-refractivity contribution in [2.24, 2.45) is 11.8 Å². The van der Waals surface area contributed by atoms with E-state index in [1.54, 1.807) is 12.1 Å². The van der Waals surface area contributed by atoms with E-state index in [1.807, 2.05) is 25.1 Å². The Bertz CT molecular complexity index is 920. The summed E-state index contributed by atoms with van der Waals surface area (Å²) in [6.45, 7) is 3.24. The molecule has 2 amide bonds. The summed E-state index contributed by atoms with van der Waals surface area (Å²) in [5.74, 6) is 0.0669. The minimum Gasteiger partial charge on any atom is -0.382 e. The average molecular weight is 381 g/mol. The summed E-state index contributed by atoms with van der Waals surface area (Å²) in [6, 6.07) is 10.5. The van der Waals surface area contributed by atoms with E-state index in [2.05, 4.69) is 15.6 Å². The third-order valence-electron chi connectivity index (χ3n) is 5.58. The molecule has 1 saturated heterocycles. The number of pyridine rings is 1. The van der Waals surface area contributed by atoms with E-state index in [-0.39, 0.29) is 23.3 Å². The second kappa shape index (κ2) is 7.33. The highest BCUT2D eigenvalue weighted by Crippen LogP contribution is 2.44. The van der Waals surface area contributed by atoms with E-state index >= 15 is 0 Å². The van der Waals surface area contributed by atoms with Crippen molar-refractivity contribution in [2.45, 2.75) is 19.1 Å². The molecular formula is C21H23N3O4. The summed E-state index contributed by atoms with van der Waals surface area (Å²) in [4.78, 5) is 29.2. The molecule has 1 aromatic heterocycles. The zero-order chi connectivity index (χ0) is 19.8. The number of aromatic nitrogens is 1. The van der Waals surface area contributed by atoms with E-state index < -0.39 is 12.0 Å². The Morgan fingerprint density at radius 3 is 2.57 bits per heavy atom. The Morgan fingerprint density at radius 1 is 1.18 bits per heavy atom. The molecule has 4 rings (SSSR count). The predicted octanol–water partition coefficient (Wildman–Crippen LogP) is 1.21. The van der Waals surface area contributed by atoms with Crippen LogP contribution in [-0.2, 0) is 4.74 Å². The zero-order valence-corrected chi connectivity index (χ0v) is 15.8. The largest absolute Gasteiger partial charge is 0.382 e. The number of hydrogen-bond donors (Lipinski definition) is 3. The monoisotopic (exact) mass is 381 g/mol. The summed E-state index contributed by atoms with van der Waals surface area (Å²) in [7, 11) is 1.50. The number of aliphatic hydroxyl groups excluding tert-OH is 1. The highest BCUT2D eigenvalue weighted by Gasteiger charge is 2.54. The number of carbonyl (C=O) groups excluding carboxylic acids is 2. The van der Waals surface area contributed by atoms with Gasteiger partial charge in [-0.1, -0.05) is 24.3 Å². The van der Waals surface area contributed by atoms with Crippen molar-refractivity contribution in [3.05, 3.63) is 64.5 Å². The standard InChI is InChI=1S/C21H23N3O4/c1-11-5-3-4-6-13(11)19(25)16-7-12(8-17(23-16)21(27)22-2)20(26)24-18-14-9-28-10-15(14)18/h3-8,14-15,18-19,25H,9-10H2,1-2H3,(H,22,27)(H,24,26). The van der Waals surface area contributed by atoms with Gasteiger partial charge in [0.15, 0.2) is 0 Å². The number of nitrogens with one attached hydrogen (secondary N) is 2. The van der Waals surface area contributed by atoms with Crippen LogP contribution in [0.1, 0.15) is 43.8 Å². The van der Waals surface area contributed by atoms with E-state index in [4.69, 9.17) is 4.74 Å². The Morgan fingerprint density at radius 2 is 1.89 bits per heavy atom. The van der Waals surface area contributed by atoms with Gasteiger partial charge in [0.1, 0.15) is 11.8 Å². The first-order chi connectivity index (χ1) is 13.5. The van der Waals surface area contributed by atoms with E-state index in [9.17, 15) is 14.7 Å². The molecule has 0 spiro atoms. The molecule has 1 aromatic carbocycles. The van der Waals surface area contributed by atoms with Gasteiger partial charge in [-0.15, -0.1) is 0 Å². The number of amides is 2. The minimum atomic E-state index is -1.04. The maximum Gasteiger partial charge on any atom is 0.269 e. The molecule has 3 unspecified atom stereocenters. The molecule has 7 heteroatoms. The Balaban J connectivity index is 1.64. The molecule has 7 nitrogen and oxygen atoms in total. The molecule has 3 atom stereocenters. The Kier molecular flexibility index (Phi) is 4.87. The molecule has 1 aliphatic carbocycles. The molecular weight excluding hydrogens is 358 g/mol. The second-order valence-corrected chi connectivity index (χ2v) is 7.37. The summed E-state index contributed by atoms with van der Waals surface area (Å²) >= 11 is 0. The first-order valence-corrected chi connectivity index (χ1v) is 9.36. The lowest BCUT2D eigenvalue weighted by Gasteiger charge is -2.16. The highest BCUT2D eigenvalue weighted by molar-refractivity contribution is 5.99. The van der Waals surface area contributed by atoms with Crippen LogP contribution in [0.3, 0.4) is 0 Å². The number of fused-ring (bicyclic) bond motifs is 1. The van der Waals surface area contributed by atoms with Crippen molar-refractivity contribution >= 4 is 11.8 Å². The smallest absolute Gasteiger partial charge is 0.269 e. The van der Waals surface area contributed by atoms with Crippen LogP contribution in [0.5, 0.6) is 0 Å². The van der Waals surface area contributed by atoms with Crippen LogP contribution >= 0.6 is 0 Å². The normalized spacial score (nSPS) is 23.6. The first kappa shape index (κ1) is 18.6. The molecule has 146 valence electrons. The van der Waals surface area contributed by atoms with Gasteiger partial charge < -0.3 is 20.5 Å². The molecule has 2 fully saturated rings. The van der Waals surface area contributed by atoms with Crippen LogP contribution in [0.25, 0.3) is 0 Å². The molecule has 3 N–H and O–H groups in total. The average Bonchev–Trinajstić information content (AvgIpc) is 3.13. The van der Waals surface area contributed by atoms with Crippen molar-refractivity contribution < 1.29 is 19.4 Å². The molecule has 2 aromatic rings. The van der Waals surface area contributed by atoms with E-state index in [0.29, 0.717) is 36.2 Å². The van der Waals surface area contributed by atoms with Crippen LogP contribution in [0, 0.1) is 18.8 Å². The van der Waals surface area contributed by atoms with Crippen LogP contribution < -0.4 is 10.6 Å². The Hall–Kier alpha value is -2.77. The Labute approximate surface area is 163 Å². The van der Waals surface area contributed by atoms with Crippen molar-refractivity contribution in [1.29, 1.82) is 0 Å². The lowest BCUT2D eigenvalue weighted by atomic mass is 9.99. The van der Waals surface area contributed by atoms with Gasteiger partial charge in [0, 0.05) is 30.5 Å². The van der Waals surface area contributed by atoms with Gasteiger partial charge in [0.2, 0.25) is 0 Å². The van der Waals surface area contributed by atoms with Crippen LogP contribution in [-0.4, -0.2) is 48.2 Å². The quantitative estimate of drug-likeness (QED) is 0.723. The predicted molar refractivity (Wildman–Crippen MR) is 102 cm³/mol. The number of rotatable bonds is 5. The lowest BCUT2D eigenvalue weighted by molar-refractivity contribution is 0.0928. The van der Waals surface area contributed by atoms with Gasteiger partial charge in [-0.25, -0.2) is 4.98 Å². The molecule has 1 saturated carbocycles. The number of nitrogens with zero attached hydrogens (tertiary/aromatic N) is 1. The molecule has 2 heterocycles. The van der Waals surface area contributed by atoms with Crippen molar-refractivity contribution in [3.8, 4) is 0 Å². The van der Waals surface area contributed by atoms with Crippen molar-refractivity contribution in [1.82, 2.24) is 15.6 Å². The number of benzene rings is 1. The molecule has 2 aliphatic rings. The van der Waals surface area contributed by atoms with Gasteiger partial charge >= 0.3 is 0 Å². The maximum absolute atomic E-state index is 12.8. The topological polar surface area (TPSA) is 101 Å². The highest BCUT2D eigenvalue weighted by atomic mass is 16.5. The maximum atomic E-state index is 12.8. The van der Waals surface area contributed by atoms with Crippen molar-refractivity contribution in [2.75, 3.05) is 20.3 Å². The van der Waals surface area contributed by atoms with Crippen LogP contribution in [0.15, 0.2) is 36.4 Å². The van der Waals surface area contributed by atoms with E-state index in [1.165, 1.54) is 13.1 Å². The van der Waals surface area contributed by atoms with Crippen molar-refractivity contribution in [3.63, 3.8) is 0 Å². The molecule has 1 aliphatic heterocycles. The van der Waals surface area contributed by atoms with Crippen LogP contribution in [0.4, 0.5) is 0 Å². The fourth-order valence-electron chi connectivity index (χ4n) is 3.81. The molecule has 0 bridgehead atoms. The first-order valence-electron chi connectivity index (χ1n) is 9.36. The van der Waals surface area contributed by atoms with Crippen LogP contribution in [0.2, 0.25) is 0 Å². The zero-order valence-electron chi connectivity index (χ0n) is 15.8. The summed E-state index contributed by atoms with van der Waals surface area (Å²) < 4.78 is 5.35. The van der Waals surface area contributed by atoms with Gasteiger partial charge in [0.05, 0.1) is 18.9 Å². The number of carbonyl (C=O) groups is 2. The number of hydrogen-bond acceptors (Lipinski definition) is 5.